The van der Waals surface area contributed by atoms with Crippen molar-refractivity contribution in [1.82, 2.24) is 24.5 Å². The molecule has 0 N–H and O–H groups in total. The molecule has 0 unspecified atom stereocenters. The van der Waals surface area contributed by atoms with Crippen molar-refractivity contribution >= 4 is 0 Å². The summed E-state index contributed by atoms with van der Waals surface area (Å²) >= 11 is 0. The van der Waals surface area contributed by atoms with Crippen LogP contribution in [0.1, 0.15) is 30.5 Å². The lowest BCUT2D eigenvalue weighted by Crippen LogP contribution is -2.23. The maximum Gasteiger partial charge on any atom is 0.345 e. The third-order valence-corrected chi connectivity index (χ3v) is 2.60. The fraction of sp³-hybridized carbons (Fsp3) is 0.556. The molecule has 1 aliphatic carbocycles. The molecule has 1 saturated carbocycles. The second-order valence-electron chi connectivity index (χ2n) is 4.00. The lowest BCUT2D eigenvalue weighted by molar-refractivity contribution is 0.359. The number of rotatable bonds is 3. The Morgan fingerprint density at radius 2 is 2.38 bits per heavy atom. The smallest absolute Gasteiger partial charge is 0.337 e. The Hall–Kier alpha value is -1.92. The van der Waals surface area contributed by atoms with E-state index in [1.165, 1.54) is 15.6 Å². The van der Waals surface area contributed by atoms with Crippen LogP contribution in [0.5, 0.6) is 0 Å². The van der Waals surface area contributed by atoms with E-state index in [4.69, 9.17) is 4.52 Å². The number of hydrogen-bond acceptors (Lipinski definition) is 5. The Bertz CT molecular complexity index is 562. The molecule has 2 aromatic rings. The molecular formula is C9H11N5O2. The molecule has 0 radical (unpaired) electrons. The van der Waals surface area contributed by atoms with E-state index in [9.17, 15) is 4.79 Å². The van der Waals surface area contributed by atoms with E-state index in [-0.39, 0.29) is 12.2 Å². The molecule has 84 valence electrons. The zero-order valence-electron chi connectivity index (χ0n) is 8.83. The minimum atomic E-state index is -0.189. The Morgan fingerprint density at radius 1 is 1.56 bits per heavy atom. The van der Waals surface area contributed by atoms with E-state index in [1.54, 1.807) is 7.05 Å². The normalized spacial score (nSPS) is 15.6. The van der Waals surface area contributed by atoms with Crippen molar-refractivity contribution in [2.24, 2.45) is 7.05 Å². The van der Waals surface area contributed by atoms with Crippen LogP contribution in [0.15, 0.2) is 15.6 Å². The van der Waals surface area contributed by atoms with Crippen LogP contribution < -0.4 is 5.69 Å². The highest BCUT2D eigenvalue weighted by atomic mass is 16.5. The van der Waals surface area contributed by atoms with Gasteiger partial charge in [0.2, 0.25) is 5.89 Å². The quantitative estimate of drug-likeness (QED) is 0.722. The van der Waals surface area contributed by atoms with Gasteiger partial charge >= 0.3 is 5.69 Å². The monoisotopic (exact) mass is 221 g/mol. The number of aromatic nitrogens is 5. The van der Waals surface area contributed by atoms with Crippen LogP contribution in [-0.4, -0.2) is 24.5 Å². The van der Waals surface area contributed by atoms with Gasteiger partial charge in [0.15, 0.2) is 5.82 Å². The highest BCUT2D eigenvalue weighted by Crippen LogP contribution is 2.38. The van der Waals surface area contributed by atoms with E-state index in [2.05, 4.69) is 15.2 Å². The maximum absolute atomic E-state index is 11.5. The van der Waals surface area contributed by atoms with Crippen molar-refractivity contribution in [3.05, 3.63) is 28.5 Å². The SMILES string of the molecule is Cn1cnn(Cc2nc(C3CC3)no2)c1=O. The first-order chi connectivity index (χ1) is 7.74. The van der Waals surface area contributed by atoms with Gasteiger partial charge in [-0.1, -0.05) is 5.16 Å². The standard InChI is InChI=1S/C9H11N5O2/c1-13-5-10-14(9(13)15)4-7-11-8(12-16-7)6-2-3-6/h5-6H,2-4H2,1H3. The molecule has 0 atom stereocenters. The van der Waals surface area contributed by atoms with Crippen molar-refractivity contribution in [3.8, 4) is 0 Å². The van der Waals surface area contributed by atoms with Gasteiger partial charge in [-0.05, 0) is 12.8 Å². The highest BCUT2D eigenvalue weighted by molar-refractivity contribution is 5.03. The number of aryl methyl sites for hydroxylation is 1. The molecule has 0 saturated heterocycles. The van der Waals surface area contributed by atoms with E-state index in [0.717, 1.165) is 18.7 Å². The lowest BCUT2D eigenvalue weighted by atomic mass is 10.4. The first kappa shape index (κ1) is 9.32. The molecular weight excluding hydrogens is 210 g/mol. The summed E-state index contributed by atoms with van der Waals surface area (Å²) < 4.78 is 7.76. The van der Waals surface area contributed by atoms with Gasteiger partial charge in [0, 0.05) is 13.0 Å². The fourth-order valence-corrected chi connectivity index (χ4v) is 1.50. The Balaban J connectivity index is 1.82. The van der Waals surface area contributed by atoms with Crippen LogP contribution in [0.4, 0.5) is 0 Å². The van der Waals surface area contributed by atoms with Gasteiger partial charge in [0.1, 0.15) is 12.9 Å². The number of nitrogens with zero attached hydrogens (tertiary/aromatic N) is 5. The third-order valence-electron chi connectivity index (χ3n) is 2.60. The summed E-state index contributed by atoms with van der Waals surface area (Å²) in [5.74, 6) is 1.64. The van der Waals surface area contributed by atoms with Crippen molar-refractivity contribution in [2.45, 2.75) is 25.3 Å². The first-order valence-corrected chi connectivity index (χ1v) is 5.15. The molecule has 0 aromatic carbocycles. The third kappa shape index (κ3) is 1.54. The van der Waals surface area contributed by atoms with Crippen molar-refractivity contribution in [1.29, 1.82) is 0 Å². The molecule has 0 spiro atoms. The summed E-state index contributed by atoms with van der Waals surface area (Å²) in [5, 5.41) is 7.79. The van der Waals surface area contributed by atoms with Gasteiger partial charge in [0.05, 0.1) is 0 Å². The molecule has 7 heteroatoms. The minimum absolute atomic E-state index is 0.189. The van der Waals surface area contributed by atoms with Crippen molar-refractivity contribution in [2.75, 3.05) is 0 Å². The van der Waals surface area contributed by atoms with Crippen LogP contribution in [0.2, 0.25) is 0 Å². The number of hydrogen-bond donors (Lipinski definition) is 0. The maximum atomic E-state index is 11.5. The second-order valence-corrected chi connectivity index (χ2v) is 4.00. The zero-order chi connectivity index (χ0) is 11.1. The van der Waals surface area contributed by atoms with Crippen LogP contribution >= 0.6 is 0 Å². The molecule has 1 aliphatic rings. The van der Waals surface area contributed by atoms with Crippen molar-refractivity contribution < 1.29 is 4.52 Å². The van der Waals surface area contributed by atoms with E-state index < -0.39 is 0 Å². The van der Waals surface area contributed by atoms with Crippen LogP contribution in [-0.2, 0) is 13.6 Å². The molecule has 0 bridgehead atoms. The lowest BCUT2D eigenvalue weighted by Gasteiger charge is -1.91. The van der Waals surface area contributed by atoms with Gasteiger partial charge < -0.3 is 4.52 Å². The van der Waals surface area contributed by atoms with E-state index in [0.29, 0.717) is 11.8 Å². The van der Waals surface area contributed by atoms with Crippen LogP contribution in [0, 0.1) is 0 Å². The summed E-state index contributed by atoms with van der Waals surface area (Å²) in [6, 6.07) is 0. The molecule has 0 aliphatic heterocycles. The zero-order valence-corrected chi connectivity index (χ0v) is 8.83. The summed E-state index contributed by atoms with van der Waals surface area (Å²) in [6.07, 6.45) is 3.71. The molecule has 2 aromatic heterocycles. The second kappa shape index (κ2) is 3.29. The Kier molecular flexibility index (Phi) is 1.92. The Labute approximate surface area is 90.7 Å². The predicted molar refractivity (Wildman–Crippen MR) is 52.8 cm³/mol. The molecule has 1 fully saturated rings. The van der Waals surface area contributed by atoms with Gasteiger partial charge in [-0.15, -0.1) is 0 Å². The molecule has 7 nitrogen and oxygen atoms in total. The highest BCUT2D eigenvalue weighted by Gasteiger charge is 2.28. The molecule has 16 heavy (non-hydrogen) atoms. The molecule has 0 amide bonds. The Morgan fingerprint density at radius 3 is 3.00 bits per heavy atom. The summed E-state index contributed by atoms with van der Waals surface area (Å²) in [6.45, 7) is 0.236. The molecule has 3 rings (SSSR count). The first-order valence-electron chi connectivity index (χ1n) is 5.15. The summed E-state index contributed by atoms with van der Waals surface area (Å²) in [5.41, 5.74) is -0.189. The predicted octanol–water partition coefficient (Wildman–Crippen LogP) is -0.110. The van der Waals surface area contributed by atoms with Crippen LogP contribution in [0.3, 0.4) is 0 Å². The minimum Gasteiger partial charge on any atom is -0.337 e. The van der Waals surface area contributed by atoms with Gasteiger partial charge in [-0.25, -0.2) is 9.48 Å². The largest absolute Gasteiger partial charge is 0.345 e. The summed E-state index contributed by atoms with van der Waals surface area (Å²) in [7, 11) is 1.65. The van der Waals surface area contributed by atoms with Gasteiger partial charge in [-0.2, -0.15) is 10.1 Å². The van der Waals surface area contributed by atoms with Gasteiger partial charge in [0.25, 0.3) is 0 Å². The topological polar surface area (TPSA) is 78.7 Å². The van der Waals surface area contributed by atoms with Crippen molar-refractivity contribution in [3.63, 3.8) is 0 Å². The molecule has 2 heterocycles. The van der Waals surface area contributed by atoms with E-state index in [1.807, 2.05) is 0 Å². The fourth-order valence-electron chi connectivity index (χ4n) is 1.50. The summed E-state index contributed by atoms with van der Waals surface area (Å²) in [4.78, 5) is 15.7. The average molecular weight is 221 g/mol. The average Bonchev–Trinajstić information content (AvgIpc) is 2.96. The van der Waals surface area contributed by atoms with Crippen LogP contribution in [0.25, 0.3) is 0 Å². The van der Waals surface area contributed by atoms with E-state index >= 15 is 0 Å². The van der Waals surface area contributed by atoms with Gasteiger partial charge in [-0.3, -0.25) is 4.57 Å².